The second-order valence-corrected chi connectivity index (χ2v) is 9.50. The van der Waals surface area contributed by atoms with Gasteiger partial charge in [0.05, 0.1) is 6.07 Å². The lowest BCUT2D eigenvalue weighted by Crippen LogP contribution is -2.45. The van der Waals surface area contributed by atoms with Crippen molar-refractivity contribution < 1.29 is 18.4 Å². The van der Waals surface area contributed by atoms with Gasteiger partial charge in [0.25, 0.3) is 0 Å². The number of carbonyl (C=O) groups is 2. The van der Waals surface area contributed by atoms with Gasteiger partial charge in [0, 0.05) is 31.8 Å². The van der Waals surface area contributed by atoms with Crippen molar-refractivity contribution in [1.29, 1.82) is 5.26 Å². The molecule has 4 rings (SSSR count). The number of nitrogens with one attached hydrogen (secondary N) is 1. The summed E-state index contributed by atoms with van der Waals surface area (Å²) >= 11 is 0. The maximum atomic E-state index is 14.7. The zero-order valence-corrected chi connectivity index (χ0v) is 16.1. The molecule has 3 N–H and O–H groups in total. The summed E-state index contributed by atoms with van der Waals surface area (Å²) in [5.74, 6) is -4.06. The quantitative estimate of drug-likeness (QED) is 0.694. The Morgan fingerprint density at radius 1 is 1.25 bits per heavy atom. The standard InChI is InChI=1S/C20H28F2N4O2/c21-20(22,9-13-1-2-13)10-14(16(27)25-19(12-23)3-4-19)15-11-18(15)5-7-26(8-6-18)17(24)28/h13-15H,1-11H2,(H2,24,28)(H,25,27)/t14-,15?/m0/s1. The molecule has 6 nitrogen and oxygen atoms in total. The topological polar surface area (TPSA) is 99.2 Å². The number of hydrogen-bond donors (Lipinski definition) is 2. The Hall–Kier alpha value is -1.91. The van der Waals surface area contributed by atoms with Gasteiger partial charge in [-0.1, -0.05) is 0 Å². The van der Waals surface area contributed by atoms with E-state index in [1.165, 1.54) is 0 Å². The molecule has 1 saturated heterocycles. The number of nitriles is 1. The van der Waals surface area contributed by atoms with Crippen LogP contribution in [0.4, 0.5) is 13.6 Å². The molecule has 3 amide bonds. The molecule has 2 atom stereocenters. The van der Waals surface area contributed by atoms with Gasteiger partial charge < -0.3 is 16.0 Å². The number of urea groups is 1. The zero-order valence-electron chi connectivity index (χ0n) is 16.1. The maximum absolute atomic E-state index is 14.7. The predicted octanol–water partition coefficient (Wildman–Crippen LogP) is 2.78. The van der Waals surface area contributed by atoms with E-state index < -0.39 is 35.7 Å². The highest BCUT2D eigenvalue weighted by molar-refractivity contribution is 5.81. The number of halogens is 2. The first kappa shape index (κ1) is 19.4. The summed E-state index contributed by atoms with van der Waals surface area (Å²) in [4.78, 5) is 25.9. The minimum Gasteiger partial charge on any atom is -0.351 e. The third-order valence-electron chi connectivity index (χ3n) is 7.28. The molecule has 4 aliphatic rings. The molecule has 1 spiro atoms. The fourth-order valence-electron chi connectivity index (χ4n) is 4.98. The molecule has 0 aromatic rings. The molecule has 8 heteroatoms. The molecule has 154 valence electrons. The lowest BCUT2D eigenvalue weighted by atomic mass is 9.83. The molecule has 0 aromatic carbocycles. The number of primary amides is 1. The summed E-state index contributed by atoms with van der Waals surface area (Å²) in [6.45, 7) is 1.03. The number of nitrogens with zero attached hydrogens (tertiary/aromatic N) is 2. The smallest absolute Gasteiger partial charge is 0.314 e. The van der Waals surface area contributed by atoms with Crippen LogP contribution >= 0.6 is 0 Å². The number of likely N-dealkylation sites (tertiary alicyclic amines) is 1. The van der Waals surface area contributed by atoms with Gasteiger partial charge in [-0.25, -0.2) is 13.6 Å². The van der Waals surface area contributed by atoms with Gasteiger partial charge in [-0.3, -0.25) is 4.79 Å². The van der Waals surface area contributed by atoms with Crippen LogP contribution in [-0.4, -0.2) is 41.4 Å². The summed E-state index contributed by atoms with van der Waals surface area (Å²) in [6.07, 6.45) is 4.41. The largest absolute Gasteiger partial charge is 0.351 e. The van der Waals surface area contributed by atoms with Crippen molar-refractivity contribution in [2.75, 3.05) is 13.1 Å². The molecule has 1 aliphatic heterocycles. The van der Waals surface area contributed by atoms with Crippen molar-refractivity contribution in [3.05, 3.63) is 0 Å². The van der Waals surface area contributed by atoms with Crippen molar-refractivity contribution in [1.82, 2.24) is 10.2 Å². The fraction of sp³-hybridized carbons (Fsp3) is 0.850. The van der Waals surface area contributed by atoms with Crippen LogP contribution in [-0.2, 0) is 4.79 Å². The summed E-state index contributed by atoms with van der Waals surface area (Å²) < 4.78 is 29.3. The normalized spacial score (nSPS) is 28.3. The van der Waals surface area contributed by atoms with Crippen molar-refractivity contribution in [2.45, 2.75) is 69.2 Å². The number of piperidine rings is 1. The summed E-state index contributed by atoms with van der Waals surface area (Å²) in [5, 5.41) is 12.0. The number of nitrogens with two attached hydrogens (primary N) is 1. The highest BCUT2D eigenvalue weighted by atomic mass is 19.3. The summed E-state index contributed by atoms with van der Waals surface area (Å²) in [5.41, 5.74) is 4.34. The van der Waals surface area contributed by atoms with Gasteiger partial charge in [-0.05, 0) is 62.2 Å². The van der Waals surface area contributed by atoms with Crippen molar-refractivity contribution in [2.24, 2.45) is 28.9 Å². The Balaban J connectivity index is 1.45. The van der Waals surface area contributed by atoms with Crippen LogP contribution in [0, 0.1) is 34.5 Å². The van der Waals surface area contributed by atoms with Gasteiger partial charge in [-0.2, -0.15) is 5.26 Å². The Labute approximate surface area is 163 Å². The van der Waals surface area contributed by atoms with E-state index in [1.807, 2.05) is 0 Å². The average Bonchev–Trinajstić information content (AvgIpc) is 3.51. The van der Waals surface area contributed by atoms with Crippen LogP contribution in [0.2, 0.25) is 0 Å². The zero-order chi connectivity index (χ0) is 20.2. The third-order valence-corrected chi connectivity index (χ3v) is 7.28. The predicted molar refractivity (Wildman–Crippen MR) is 97.0 cm³/mol. The minimum absolute atomic E-state index is 0.0829. The summed E-state index contributed by atoms with van der Waals surface area (Å²) in [6, 6.07) is 1.66. The molecule has 3 saturated carbocycles. The van der Waals surface area contributed by atoms with Gasteiger partial charge in [0.15, 0.2) is 0 Å². The summed E-state index contributed by atoms with van der Waals surface area (Å²) in [7, 11) is 0. The van der Waals surface area contributed by atoms with Crippen LogP contribution in [0.1, 0.15) is 57.8 Å². The van der Waals surface area contributed by atoms with E-state index in [1.54, 1.807) is 4.90 Å². The first-order valence-electron chi connectivity index (χ1n) is 10.3. The van der Waals surface area contributed by atoms with Gasteiger partial charge >= 0.3 is 6.03 Å². The maximum Gasteiger partial charge on any atom is 0.314 e. The molecule has 0 bridgehead atoms. The average molecular weight is 394 g/mol. The Kier molecular flexibility index (Phi) is 4.55. The first-order valence-corrected chi connectivity index (χ1v) is 10.3. The molecule has 1 heterocycles. The van der Waals surface area contributed by atoms with Crippen molar-refractivity contribution in [3.8, 4) is 6.07 Å². The molecule has 1 unspecified atom stereocenters. The van der Waals surface area contributed by atoms with E-state index >= 15 is 0 Å². The third kappa shape index (κ3) is 3.94. The van der Waals surface area contributed by atoms with Crippen LogP contribution < -0.4 is 11.1 Å². The van der Waals surface area contributed by atoms with Gasteiger partial charge in [0.2, 0.25) is 11.8 Å². The van der Waals surface area contributed by atoms with E-state index in [0.29, 0.717) is 38.8 Å². The molecular formula is C20H28F2N4O2. The van der Waals surface area contributed by atoms with Crippen molar-refractivity contribution >= 4 is 11.9 Å². The van der Waals surface area contributed by atoms with E-state index in [2.05, 4.69) is 11.4 Å². The SMILES string of the molecule is N#CC1(NC(=O)[C@@H](CC(F)(F)CC2CC2)C2CC23CCN(C(N)=O)CC3)CC1. The van der Waals surface area contributed by atoms with Crippen LogP contribution in [0.25, 0.3) is 0 Å². The molecule has 28 heavy (non-hydrogen) atoms. The number of rotatable bonds is 7. The highest BCUT2D eigenvalue weighted by Gasteiger charge is 2.61. The number of carbonyl (C=O) groups excluding carboxylic acids is 2. The Bertz CT molecular complexity index is 703. The lowest BCUT2D eigenvalue weighted by molar-refractivity contribution is -0.131. The van der Waals surface area contributed by atoms with Crippen LogP contribution in [0.5, 0.6) is 0 Å². The van der Waals surface area contributed by atoms with Gasteiger partial charge in [0.1, 0.15) is 5.54 Å². The molecule has 0 radical (unpaired) electrons. The van der Waals surface area contributed by atoms with E-state index in [9.17, 15) is 23.6 Å². The number of amides is 3. The van der Waals surface area contributed by atoms with Crippen molar-refractivity contribution in [3.63, 3.8) is 0 Å². The van der Waals surface area contributed by atoms with Crippen LogP contribution in [0.3, 0.4) is 0 Å². The Morgan fingerprint density at radius 3 is 2.39 bits per heavy atom. The lowest BCUT2D eigenvalue weighted by Gasteiger charge is -2.33. The second-order valence-electron chi connectivity index (χ2n) is 9.50. The van der Waals surface area contributed by atoms with Crippen LogP contribution in [0.15, 0.2) is 0 Å². The number of hydrogen-bond acceptors (Lipinski definition) is 3. The fourth-order valence-corrected chi connectivity index (χ4v) is 4.98. The monoisotopic (exact) mass is 394 g/mol. The molecule has 3 aliphatic carbocycles. The first-order chi connectivity index (χ1) is 13.2. The minimum atomic E-state index is -2.86. The molecular weight excluding hydrogens is 366 g/mol. The van der Waals surface area contributed by atoms with E-state index in [0.717, 1.165) is 19.3 Å². The van der Waals surface area contributed by atoms with E-state index in [4.69, 9.17) is 5.73 Å². The highest BCUT2D eigenvalue weighted by Crippen LogP contribution is 2.64. The second kappa shape index (κ2) is 6.57. The Morgan fingerprint density at radius 2 is 1.89 bits per heavy atom. The van der Waals surface area contributed by atoms with E-state index in [-0.39, 0.29) is 23.7 Å². The number of alkyl halides is 2. The molecule has 4 fully saturated rings. The molecule has 0 aromatic heterocycles. The van der Waals surface area contributed by atoms with Gasteiger partial charge in [-0.15, -0.1) is 0 Å².